The SMILES string of the molecule is COc1cccc(OCc2c(Br)cc(Br)c(=O)n2CCCCCCC(=O)ON)c1. The average Bonchev–Trinajstić information content (AvgIpc) is 2.73. The quantitative estimate of drug-likeness (QED) is 0.342. The minimum Gasteiger partial charge on any atom is -0.497 e. The van der Waals surface area contributed by atoms with Crippen molar-refractivity contribution in [3.8, 4) is 11.5 Å². The lowest BCUT2D eigenvalue weighted by molar-refractivity contribution is -0.144. The standard InChI is InChI=1S/C20H24Br2N2O5/c1-27-14-7-6-8-15(11-14)28-13-18-16(21)12-17(22)20(26)24(18)10-5-3-2-4-9-19(25)29-23/h6-8,11-12H,2-5,9-10,13,23H2,1H3. The predicted octanol–water partition coefficient (Wildman–Crippen LogP) is 4.33. The van der Waals surface area contributed by atoms with Crippen LogP contribution in [-0.4, -0.2) is 17.6 Å². The van der Waals surface area contributed by atoms with Crippen LogP contribution in [0.2, 0.25) is 0 Å². The molecule has 0 saturated heterocycles. The van der Waals surface area contributed by atoms with E-state index < -0.39 is 5.97 Å². The lowest BCUT2D eigenvalue weighted by Crippen LogP contribution is -2.25. The van der Waals surface area contributed by atoms with Crippen molar-refractivity contribution >= 4 is 37.8 Å². The molecular formula is C20H24Br2N2O5. The fourth-order valence-electron chi connectivity index (χ4n) is 2.81. The van der Waals surface area contributed by atoms with Gasteiger partial charge in [-0.1, -0.05) is 18.9 Å². The lowest BCUT2D eigenvalue weighted by Gasteiger charge is -2.16. The van der Waals surface area contributed by atoms with E-state index in [0.29, 0.717) is 35.4 Å². The van der Waals surface area contributed by atoms with Gasteiger partial charge in [0.05, 0.1) is 17.3 Å². The molecule has 9 heteroatoms. The Labute approximate surface area is 186 Å². The van der Waals surface area contributed by atoms with Gasteiger partial charge in [0.1, 0.15) is 18.1 Å². The van der Waals surface area contributed by atoms with Crippen molar-refractivity contribution in [2.45, 2.75) is 45.3 Å². The smallest absolute Gasteiger partial charge is 0.324 e. The first kappa shape index (κ1) is 23.4. The molecule has 1 aromatic carbocycles. The number of methoxy groups -OCH3 is 1. The number of pyridine rings is 1. The minimum absolute atomic E-state index is 0.107. The Bertz CT molecular complexity index is 886. The molecule has 0 amide bonds. The monoisotopic (exact) mass is 530 g/mol. The molecule has 0 bridgehead atoms. The molecule has 0 saturated carbocycles. The van der Waals surface area contributed by atoms with Gasteiger partial charge in [0.15, 0.2) is 0 Å². The summed E-state index contributed by atoms with van der Waals surface area (Å²) in [6, 6.07) is 9.05. The Morgan fingerprint density at radius 2 is 1.79 bits per heavy atom. The van der Waals surface area contributed by atoms with Gasteiger partial charge >= 0.3 is 5.97 Å². The first-order chi connectivity index (χ1) is 14.0. The normalized spacial score (nSPS) is 10.6. The molecule has 0 aliphatic rings. The summed E-state index contributed by atoms with van der Waals surface area (Å²) in [6.45, 7) is 0.785. The Morgan fingerprint density at radius 3 is 2.52 bits per heavy atom. The maximum Gasteiger partial charge on any atom is 0.324 e. The maximum absolute atomic E-state index is 12.6. The van der Waals surface area contributed by atoms with E-state index >= 15 is 0 Å². The average molecular weight is 532 g/mol. The molecule has 158 valence electrons. The van der Waals surface area contributed by atoms with Crippen molar-refractivity contribution in [3.05, 3.63) is 55.3 Å². The number of ether oxygens (including phenoxy) is 2. The largest absolute Gasteiger partial charge is 0.497 e. The number of rotatable bonds is 11. The second-order valence-electron chi connectivity index (χ2n) is 6.37. The van der Waals surface area contributed by atoms with E-state index in [4.69, 9.17) is 15.4 Å². The Balaban J connectivity index is 2.02. The van der Waals surface area contributed by atoms with Gasteiger partial charge in [-0.2, -0.15) is 5.90 Å². The van der Waals surface area contributed by atoms with Gasteiger partial charge in [-0.15, -0.1) is 0 Å². The van der Waals surface area contributed by atoms with Crippen LogP contribution in [0.4, 0.5) is 0 Å². The summed E-state index contributed by atoms with van der Waals surface area (Å²) >= 11 is 6.85. The molecule has 2 aromatic rings. The number of aromatic nitrogens is 1. The number of carbonyl (C=O) groups is 1. The zero-order valence-electron chi connectivity index (χ0n) is 16.2. The highest BCUT2D eigenvalue weighted by molar-refractivity contribution is 9.11. The van der Waals surface area contributed by atoms with Gasteiger partial charge in [0.2, 0.25) is 0 Å². The third kappa shape index (κ3) is 7.17. The third-order valence-electron chi connectivity index (χ3n) is 4.37. The van der Waals surface area contributed by atoms with Crippen molar-refractivity contribution in [1.82, 2.24) is 4.57 Å². The zero-order valence-corrected chi connectivity index (χ0v) is 19.3. The second kappa shape index (κ2) is 12.0. The first-order valence-electron chi connectivity index (χ1n) is 9.20. The van der Waals surface area contributed by atoms with E-state index in [9.17, 15) is 9.59 Å². The van der Waals surface area contributed by atoms with Crippen LogP contribution < -0.4 is 20.9 Å². The van der Waals surface area contributed by atoms with Crippen molar-refractivity contribution in [2.24, 2.45) is 5.90 Å². The van der Waals surface area contributed by atoms with E-state index in [-0.39, 0.29) is 12.2 Å². The van der Waals surface area contributed by atoms with E-state index in [0.717, 1.165) is 29.4 Å². The highest BCUT2D eigenvalue weighted by Crippen LogP contribution is 2.24. The van der Waals surface area contributed by atoms with Crippen LogP contribution >= 0.6 is 31.9 Å². The summed E-state index contributed by atoms with van der Waals surface area (Å²) in [4.78, 5) is 27.8. The lowest BCUT2D eigenvalue weighted by atomic mass is 10.1. The maximum atomic E-state index is 12.6. The van der Waals surface area contributed by atoms with E-state index in [1.54, 1.807) is 23.8 Å². The molecule has 1 heterocycles. The number of nitrogens with zero attached hydrogens (tertiary/aromatic N) is 1. The van der Waals surface area contributed by atoms with Crippen molar-refractivity contribution in [3.63, 3.8) is 0 Å². The molecule has 0 atom stereocenters. The van der Waals surface area contributed by atoms with Crippen molar-refractivity contribution < 1.29 is 19.1 Å². The van der Waals surface area contributed by atoms with Gasteiger partial charge in [0, 0.05) is 23.5 Å². The predicted molar refractivity (Wildman–Crippen MR) is 117 cm³/mol. The van der Waals surface area contributed by atoms with E-state index in [1.165, 1.54) is 0 Å². The molecule has 2 N–H and O–H groups in total. The van der Waals surface area contributed by atoms with Gasteiger partial charge in [-0.3, -0.25) is 9.59 Å². The molecule has 7 nitrogen and oxygen atoms in total. The van der Waals surface area contributed by atoms with E-state index in [1.807, 2.05) is 18.2 Å². The number of hydrogen-bond acceptors (Lipinski definition) is 6. The summed E-state index contributed by atoms with van der Waals surface area (Å²) in [5.41, 5.74) is 0.650. The fraction of sp³-hybridized carbons (Fsp3) is 0.400. The van der Waals surface area contributed by atoms with Crippen molar-refractivity contribution in [2.75, 3.05) is 7.11 Å². The Kier molecular flexibility index (Phi) is 9.69. The molecule has 0 aliphatic carbocycles. The Hall–Kier alpha value is -1.84. The molecule has 0 aliphatic heterocycles. The fourth-order valence-corrected chi connectivity index (χ4v) is 4.12. The van der Waals surface area contributed by atoms with Gasteiger partial charge in [0.25, 0.3) is 5.56 Å². The van der Waals surface area contributed by atoms with Crippen LogP contribution in [0, 0.1) is 0 Å². The second-order valence-corrected chi connectivity index (χ2v) is 8.07. The van der Waals surface area contributed by atoms with Crippen LogP contribution in [0.15, 0.2) is 44.1 Å². The molecule has 1 aromatic heterocycles. The van der Waals surface area contributed by atoms with Gasteiger partial charge in [-0.05, 0) is 62.9 Å². The summed E-state index contributed by atoms with van der Waals surface area (Å²) in [5.74, 6) is 5.77. The molecule has 0 unspecified atom stereocenters. The number of hydrogen-bond donors (Lipinski definition) is 1. The number of benzene rings is 1. The Morgan fingerprint density at radius 1 is 1.07 bits per heavy atom. The van der Waals surface area contributed by atoms with Crippen LogP contribution in [0.25, 0.3) is 0 Å². The topological polar surface area (TPSA) is 92.8 Å². The highest BCUT2D eigenvalue weighted by Gasteiger charge is 2.13. The highest BCUT2D eigenvalue weighted by atomic mass is 79.9. The summed E-state index contributed by atoms with van der Waals surface area (Å²) < 4.78 is 14.1. The molecular weight excluding hydrogens is 508 g/mol. The molecule has 0 radical (unpaired) electrons. The molecule has 0 fully saturated rings. The van der Waals surface area contributed by atoms with E-state index in [2.05, 4.69) is 36.7 Å². The van der Waals surface area contributed by atoms with Gasteiger partial charge < -0.3 is 18.9 Å². The number of unbranched alkanes of at least 4 members (excludes halogenated alkanes) is 3. The van der Waals surface area contributed by atoms with Crippen LogP contribution in [0.5, 0.6) is 11.5 Å². The minimum atomic E-state index is -0.408. The summed E-state index contributed by atoms with van der Waals surface area (Å²) in [6.07, 6.45) is 3.54. The molecule has 2 rings (SSSR count). The molecule has 0 spiro atoms. The summed E-state index contributed by atoms with van der Waals surface area (Å²) in [5, 5.41) is 0. The van der Waals surface area contributed by atoms with Crippen LogP contribution in [0.1, 0.15) is 37.8 Å². The third-order valence-corrected chi connectivity index (χ3v) is 5.62. The van der Waals surface area contributed by atoms with Gasteiger partial charge in [-0.25, -0.2) is 0 Å². The number of nitrogens with two attached hydrogens (primary N) is 1. The number of halogens is 2. The van der Waals surface area contributed by atoms with Crippen LogP contribution in [-0.2, 0) is 22.8 Å². The first-order valence-corrected chi connectivity index (χ1v) is 10.8. The van der Waals surface area contributed by atoms with Crippen molar-refractivity contribution in [1.29, 1.82) is 0 Å². The zero-order chi connectivity index (χ0) is 21.2. The summed E-state index contributed by atoms with van der Waals surface area (Å²) in [7, 11) is 1.60. The van der Waals surface area contributed by atoms with Crippen LogP contribution in [0.3, 0.4) is 0 Å². The number of carbonyl (C=O) groups excluding carboxylic acids is 1. The molecule has 29 heavy (non-hydrogen) atoms.